The van der Waals surface area contributed by atoms with Crippen LogP contribution in [0.1, 0.15) is 19.3 Å². The average molecular weight is 244 g/mol. The fraction of sp³-hybridized carbons (Fsp3) is 0.909. The highest BCUT2D eigenvalue weighted by atomic mass is 32.2. The van der Waals surface area contributed by atoms with Crippen molar-refractivity contribution in [2.24, 2.45) is 11.7 Å². The van der Waals surface area contributed by atoms with Gasteiger partial charge in [-0.1, -0.05) is 0 Å². The number of thioether (sulfide) groups is 1. The molecule has 16 heavy (non-hydrogen) atoms. The molecule has 2 heterocycles. The molecule has 2 aliphatic rings. The molecule has 2 saturated heterocycles. The summed E-state index contributed by atoms with van der Waals surface area (Å²) < 4.78 is 5.18. The first-order valence-electron chi connectivity index (χ1n) is 5.93. The molecule has 0 spiro atoms. The molecule has 2 aliphatic heterocycles. The second-order valence-electron chi connectivity index (χ2n) is 4.72. The average Bonchev–Trinajstić information content (AvgIpc) is 2.76. The molecule has 3 N–H and O–H groups in total. The molecular weight excluding hydrogens is 224 g/mol. The molecular formula is C11H20N2O2S. The smallest absolute Gasteiger partial charge is 0.242 e. The molecule has 2 rings (SSSR count). The summed E-state index contributed by atoms with van der Waals surface area (Å²) in [6.45, 7) is 1.74. The van der Waals surface area contributed by atoms with E-state index in [1.54, 1.807) is 0 Å². The molecule has 0 bridgehead atoms. The largest absolute Gasteiger partial charge is 0.379 e. The Kier molecular flexibility index (Phi) is 4.10. The molecule has 0 aromatic carbocycles. The van der Waals surface area contributed by atoms with Crippen LogP contribution in [0.3, 0.4) is 0 Å². The summed E-state index contributed by atoms with van der Waals surface area (Å²) in [5.41, 5.74) is 5.20. The number of nitrogens with two attached hydrogens (primary N) is 1. The fourth-order valence-corrected chi connectivity index (χ4v) is 3.33. The van der Waals surface area contributed by atoms with Crippen molar-refractivity contribution in [3.8, 4) is 0 Å². The van der Waals surface area contributed by atoms with Crippen molar-refractivity contribution in [2.75, 3.05) is 31.3 Å². The third kappa shape index (κ3) is 2.90. The van der Waals surface area contributed by atoms with Crippen LogP contribution in [-0.2, 0) is 9.53 Å². The van der Waals surface area contributed by atoms with E-state index < -0.39 is 5.54 Å². The summed E-state index contributed by atoms with van der Waals surface area (Å²) in [6, 6.07) is 0. The number of carbonyl (C=O) groups excluding carboxylic acids is 1. The molecule has 1 amide bonds. The van der Waals surface area contributed by atoms with Crippen LogP contribution in [-0.4, -0.2) is 42.7 Å². The lowest BCUT2D eigenvalue weighted by molar-refractivity contribution is -0.126. The highest BCUT2D eigenvalue weighted by Gasteiger charge is 2.38. The molecule has 0 aliphatic carbocycles. The third-order valence-corrected chi connectivity index (χ3v) is 4.45. The van der Waals surface area contributed by atoms with Crippen LogP contribution in [0.15, 0.2) is 0 Å². The second kappa shape index (κ2) is 5.38. The number of hydrogen-bond acceptors (Lipinski definition) is 4. The molecule has 5 heteroatoms. The van der Waals surface area contributed by atoms with E-state index in [1.807, 2.05) is 11.8 Å². The third-order valence-electron chi connectivity index (χ3n) is 3.40. The van der Waals surface area contributed by atoms with Gasteiger partial charge in [0.1, 0.15) is 5.54 Å². The zero-order valence-corrected chi connectivity index (χ0v) is 10.4. The van der Waals surface area contributed by atoms with Crippen LogP contribution in [0.25, 0.3) is 0 Å². The second-order valence-corrected chi connectivity index (χ2v) is 5.95. The molecule has 0 saturated carbocycles. The van der Waals surface area contributed by atoms with E-state index in [1.165, 1.54) is 24.3 Å². The Morgan fingerprint density at radius 3 is 2.88 bits per heavy atom. The number of nitrogens with one attached hydrogen (secondary N) is 1. The first kappa shape index (κ1) is 12.2. The molecule has 0 aromatic heterocycles. The Morgan fingerprint density at radius 2 is 2.25 bits per heavy atom. The summed E-state index contributed by atoms with van der Waals surface area (Å²) in [5, 5.41) is 2.98. The minimum Gasteiger partial charge on any atom is -0.379 e. The van der Waals surface area contributed by atoms with Crippen LogP contribution in [0.5, 0.6) is 0 Å². The van der Waals surface area contributed by atoms with Gasteiger partial charge in [-0.2, -0.15) is 11.8 Å². The monoisotopic (exact) mass is 244 g/mol. The van der Waals surface area contributed by atoms with Crippen molar-refractivity contribution >= 4 is 17.7 Å². The lowest BCUT2D eigenvalue weighted by Crippen LogP contribution is -2.55. The zero-order valence-electron chi connectivity index (χ0n) is 9.54. The van der Waals surface area contributed by atoms with Crippen molar-refractivity contribution in [1.29, 1.82) is 0 Å². The molecule has 4 nitrogen and oxygen atoms in total. The van der Waals surface area contributed by atoms with Crippen LogP contribution >= 0.6 is 11.8 Å². The van der Waals surface area contributed by atoms with Crippen molar-refractivity contribution in [1.82, 2.24) is 5.32 Å². The fourth-order valence-electron chi connectivity index (χ4n) is 2.12. The Balaban J connectivity index is 1.74. The number of ether oxygens (including phenoxy) is 1. The van der Waals surface area contributed by atoms with Gasteiger partial charge in [-0.25, -0.2) is 0 Å². The van der Waals surface area contributed by atoms with E-state index in [2.05, 4.69) is 5.32 Å². The van der Waals surface area contributed by atoms with Gasteiger partial charge in [-0.05, 0) is 36.7 Å². The Bertz CT molecular complexity index is 248. The summed E-state index contributed by atoms with van der Waals surface area (Å²) in [5.74, 6) is 3.04. The first-order valence-corrected chi connectivity index (χ1v) is 7.09. The Morgan fingerprint density at radius 1 is 1.50 bits per heavy atom. The first-order chi connectivity index (χ1) is 7.71. The highest BCUT2D eigenvalue weighted by molar-refractivity contribution is 7.99. The summed E-state index contributed by atoms with van der Waals surface area (Å²) >= 11 is 2.00. The minimum atomic E-state index is -0.774. The lowest BCUT2D eigenvalue weighted by atomic mass is 9.98. The number of carbonyl (C=O) groups is 1. The number of amides is 1. The van der Waals surface area contributed by atoms with Crippen molar-refractivity contribution in [3.63, 3.8) is 0 Å². The van der Waals surface area contributed by atoms with Gasteiger partial charge >= 0.3 is 0 Å². The topological polar surface area (TPSA) is 64.4 Å². The van der Waals surface area contributed by atoms with Crippen molar-refractivity contribution in [3.05, 3.63) is 0 Å². The van der Waals surface area contributed by atoms with Crippen LogP contribution in [0.2, 0.25) is 0 Å². The van der Waals surface area contributed by atoms with Gasteiger partial charge in [0.2, 0.25) is 5.91 Å². The summed E-state index contributed by atoms with van der Waals surface area (Å²) in [7, 11) is 0. The maximum absolute atomic E-state index is 11.9. The number of hydrogen-bond donors (Lipinski definition) is 2. The van der Waals surface area contributed by atoms with E-state index in [0.29, 0.717) is 25.6 Å². The van der Waals surface area contributed by atoms with Crippen LogP contribution in [0.4, 0.5) is 0 Å². The molecule has 92 valence electrons. The zero-order chi connectivity index (χ0) is 11.4. The standard InChI is InChI=1S/C11H20N2O2S/c12-11(3-4-15-8-11)10(14)13-7-9-1-5-16-6-2-9/h9H,1-8,12H2,(H,13,14). The normalized spacial score (nSPS) is 31.6. The van der Waals surface area contributed by atoms with E-state index in [0.717, 1.165) is 6.54 Å². The predicted octanol–water partition coefficient (Wildman–Crippen LogP) is 0.364. The molecule has 1 unspecified atom stereocenters. The summed E-state index contributed by atoms with van der Waals surface area (Å²) in [6.07, 6.45) is 3.05. The quantitative estimate of drug-likeness (QED) is 0.752. The molecule has 0 radical (unpaired) electrons. The van der Waals surface area contributed by atoms with Crippen molar-refractivity contribution in [2.45, 2.75) is 24.8 Å². The molecule has 2 fully saturated rings. The van der Waals surface area contributed by atoms with Gasteiger partial charge in [-0.15, -0.1) is 0 Å². The SMILES string of the molecule is NC1(C(=O)NCC2CCSCC2)CCOC1. The predicted molar refractivity (Wildman–Crippen MR) is 65.4 cm³/mol. The van der Waals surface area contributed by atoms with Gasteiger partial charge in [0.15, 0.2) is 0 Å². The van der Waals surface area contributed by atoms with Crippen molar-refractivity contribution < 1.29 is 9.53 Å². The van der Waals surface area contributed by atoms with Crippen LogP contribution < -0.4 is 11.1 Å². The minimum absolute atomic E-state index is 0.0387. The van der Waals surface area contributed by atoms with Gasteiger partial charge in [0.05, 0.1) is 6.61 Å². The Labute approximate surface area is 101 Å². The van der Waals surface area contributed by atoms with Gasteiger partial charge in [0.25, 0.3) is 0 Å². The molecule has 1 atom stereocenters. The Hall–Kier alpha value is -0.260. The number of rotatable bonds is 3. The van der Waals surface area contributed by atoms with E-state index in [-0.39, 0.29) is 5.91 Å². The lowest BCUT2D eigenvalue weighted by Gasteiger charge is -2.25. The van der Waals surface area contributed by atoms with E-state index in [9.17, 15) is 4.79 Å². The van der Waals surface area contributed by atoms with E-state index in [4.69, 9.17) is 10.5 Å². The van der Waals surface area contributed by atoms with Gasteiger partial charge in [-0.3, -0.25) is 4.79 Å². The maximum atomic E-state index is 11.9. The molecule has 0 aromatic rings. The van der Waals surface area contributed by atoms with Crippen LogP contribution in [0, 0.1) is 5.92 Å². The van der Waals surface area contributed by atoms with E-state index >= 15 is 0 Å². The maximum Gasteiger partial charge on any atom is 0.242 e. The highest BCUT2D eigenvalue weighted by Crippen LogP contribution is 2.22. The summed E-state index contributed by atoms with van der Waals surface area (Å²) in [4.78, 5) is 11.9. The van der Waals surface area contributed by atoms with Gasteiger partial charge in [0, 0.05) is 13.2 Å². The van der Waals surface area contributed by atoms with Gasteiger partial charge < -0.3 is 15.8 Å².